The van der Waals surface area contributed by atoms with E-state index < -0.39 is 11.8 Å². The number of carbonyl (C=O) groups excluding carboxylic acids is 2. The van der Waals surface area contributed by atoms with Gasteiger partial charge in [0.1, 0.15) is 5.82 Å². The molecule has 2 amide bonds. The zero-order valence-corrected chi connectivity index (χ0v) is 11.6. The Morgan fingerprint density at radius 1 is 1.25 bits per heavy atom. The number of nitrogens with zero attached hydrogens (tertiary/aromatic N) is 2. The topological polar surface area (TPSA) is 114 Å². The summed E-state index contributed by atoms with van der Waals surface area (Å²) < 4.78 is 0. The van der Waals surface area contributed by atoms with Gasteiger partial charge in [0.25, 0.3) is 0 Å². The first-order chi connectivity index (χ1) is 9.51. The summed E-state index contributed by atoms with van der Waals surface area (Å²) in [5.74, 6) is -0.201. The first-order valence-corrected chi connectivity index (χ1v) is 6.49. The van der Waals surface area contributed by atoms with Crippen molar-refractivity contribution in [2.24, 2.45) is 11.5 Å². The highest BCUT2D eigenvalue weighted by Crippen LogP contribution is 2.07. The first-order valence-electron chi connectivity index (χ1n) is 6.49. The third-order valence-electron chi connectivity index (χ3n) is 2.55. The van der Waals surface area contributed by atoms with E-state index in [-0.39, 0.29) is 13.1 Å². The molecule has 0 unspecified atom stereocenters. The molecule has 7 heteroatoms. The lowest BCUT2D eigenvalue weighted by atomic mass is 10.2. The molecule has 1 rings (SSSR count). The zero-order valence-electron chi connectivity index (χ0n) is 11.6. The standard InChI is InChI=1S/C13H21N5O2/c1-2-5-16-13-4-3-10(6-17-13)7-18(8-11(14)19)9-12(15)20/h3-4,6H,2,5,7-9H2,1H3,(H2,14,19)(H2,15,20)(H,16,17). The molecule has 20 heavy (non-hydrogen) atoms. The fourth-order valence-electron chi connectivity index (χ4n) is 1.74. The van der Waals surface area contributed by atoms with Crippen LogP contribution in [0, 0.1) is 0 Å². The lowest BCUT2D eigenvalue weighted by Crippen LogP contribution is -2.39. The SMILES string of the molecule is CCCNc1ccc(CN(CC(N)=O)CC(N)=O)cn1. The molecule has 1 aromatic heterocycles. The molecule has 1 heterocycles. The van der Waals surface area contributed by atoms with Gasteiger partial charge < -0.3 is 16.8 Å². The predicted molar refractivity (Wildman–Crippen MR) is 76.7 cm³/mol. The maximum absolute atomic E-state index is 11.0. The molecule has 0 aliphatic carbocycles. The number of anilines is 1. The average molecular weight is 279 g/mol. The van der Waals surface area contributed by atoms with Crippen LogP contribution in [0.25, 0.3) is 0 Å². The second-order valence-corrected chi connectivity index (χ2v) is 4.56. The number of pyridine rings is 1. The van der Waals surface area contributed by atoms with Gasteiger partial charge in [-0.2, -0.15) is 0 Å². The summed E-state index contributed by atoms with van der Waals surface area (Å²) in [6, 6.07) is 3.75. The quantitative estimate of drug-likeness (QED) is 0.573. The van der Waals surface area contributed by atoms with Gasteiger partial charge >= 0.3 is 0 Å². The van der Waals surface area contributed by atoms with E-state index in [4.69, 9.17) is 11.5 Å². The molecule has 0 fully saturated rings. The normalized spacial score (nSPS) is 10.5. The molecule has 1 aromatic rings. The van der Waals surface area contributed by atoms with Crippen LogP contribution in [-0.4, -0.2) is 41.3 Å². The molecule has 5 N–H and O–H groups in total. The number of hydrogen-bond acceptors (Lipinski definition) is 5. The minimum atomic E-state index is -0.500. The molecule has 110 valence electrons. The van der Waals surface area contributed by atoms with Crippen molar-refractivity contribution in [1.82, 2.24) is 9.88 Å². The summed E-state index contributed by atoms with van der Waals surface area (Å²) in [5, 5.41) is 3.17. The third kappa shape index (κ3) is 6.14. The first kappa shape index (κ1) is 15.9. The van der Waals surface area contributed by atoms with E-state index in [0.29, 0.717) is 6.54 Å². The Morgan fingerprint density at radius 3 is 2.35 bits per heavy atom. The van der Waals surface area contributed by atoms with Gasteiger partial charge in [0.05, 0.1) is 13.1 Å². The number of aromatic nitrogens is 1. The predicted octanol–water partition coefficient (Wildman–Crippen LogP) is -0.324. The van der Waals surface area contributed by atoms with Gasteiger partial charge in [-0.15, -0.1) is 0 Å². The van der Waals surface area contributed by atoms with Crippen LogP contribution in [0.5, 0.6) is 0 Å². The number of nitrogens with one attached hydrogen (secondary N) is 1. The van der Waals surface area contributed by atoms with Gasteiger partial charge in [0.2, 0.25) is 11.8 Å². The minimum absolute atomic E-state index is 0.0151. The lowest BCUT2D eigenvalue weighted by molar-refractivity contribution is -0.122. The van der Waals surface area contributed by atoms with E-state index in [9.17, 15) is 9.59 Å². The Kier molecular flexibility index (Phi) is 6.45. The van der Waals surface area contributed by atoms with Crippen LogP contribution in [0.15, 0.2) is 18.3 Å². The molecule has 0 saturated carbocycles. The van der Waals surface area contributed by atoms with Crippen molar-refractivity contribution in [3.8, 4) is 0 Å². The fraction of sp³-hybridized carbons (Fsp3) is 0.462. The lowest BCUT2D eigenvalue weighted by Gasteiger charge is -2.18. The molecule has 0 saturated heterocycles. The number of rotatable bonds is 9. The van der Waals surface area contributed by atoms with Gasteiger partial charge in [0, 0.05) is 19.3 Å². The van der Waals surface area contributed by atoms with Crippen molar-refractivity contribution < 1.29 is 9.59 Å². The summed E-state index contributed by atoms with van der Waals surface area (Å²) in [7, 11) is 0. The Balaban J connectivity index is 2.62. The molecule has 0 spiro atoms. The van der Waals surface area contributed by atoms with Crippen LogP contribution in [0.4, 0.5) is 5.82 Å². The second-order valence-electron chi connectivity index (χ2n) is 4.56. The van der Waals surface area contributed by atoms with Gasteiger partial charge in [-0.3, -0.25) is 14.5 Å². The maximum atomic E-state index is 11.0. The Hall–Kier alpha value is -2.15. The number of carbonyl (C=O) groups is 2. The monoisotopic (exact) mass is 279 g/mol. The van der Waals surface area contributed by atoms with E-state index in [1.165, 1.54) is 0 Å². The van der Waals surface area contributed by atoms with E-state index >= 15 is 0 Å². The molecule has 0 atom stereocenters. The van der Waals surface area contributed by atoms with Crippen LogP contribution in [0.3, 0.4) is 0 Å². The maximum Gasteiger partial charge on any atom is 0.231 e. The van der Waals surface area contributed by atoms with Crippen molar-refractivity contribution in [2.75, 3.05) is 25.0 Å². The number of amides is 2. The zero-order chi connectivity index (χ0) is 15.0. The van der Waals surface area contributed by atoms with Gasteiger partial charge in [-0.25, -0.2) is 4.98 Å². The Bertz CT molecular complexity index is 431. The van der Waals surface area contributed by atoms with Gasteiger partial charge in [0.15, 0.2) is 0 Å². The third-order valence-corrected chi connectivity index (χ3v) is 2.55. The van der Waals surface area contributed by atoms with Crippen molar-refractivity contribution in [1.29, 1.82) is 0 Å². The largest absolute Gasteiger partial charge is 0.370 e. The smallest absolute Gasteiger partial charge is 0.231 e. The van der Waals surface area contributed by atoms with Crippen LogP contribution >= 0.6 is 0 Å². The highest BCUT2D eigenvalue weighted by molar-refractivity contribution is 5.79. The van der Waals surface area contributed by atoms with Crippen molar-refractivity contribution in [2.45, 2.75) is 19.9 Å². The fourth-order valence-corrected chi connectivity index (χ4v) is 1.74. The summed E-state index contributed by atoms with van der Waals surface area (Å²) in [4.78, 5) is 27.8. The summed E-state index contributed by atoms with van der Waals surface area (Å²) >= 11 is 0. The minimum Gasteiger partial charge on any atom is -0.370 e. The number of primary amides is 2. The van der Waals surface area contributed by atoms with Crippen molar-refractivity contribution in [3.05, 3.63) is 23.9 Å². The molecule has 0 aliphatic rings. The van der Waals surface area contributed by atoms with E-state index in [0.717, 1.165) is 24.3 Å². The van der Waals surface area contributed by atoms with Crippen LogP contribution in [-0.2, 0) is 16.1 Å². The van der Waals surface area contributed by atoms with E-state index in [1.54, 1.807) is 11.1 Å². The van der Waals surface area contributed by atoms with E-state index in [1.807, 2.05) is 12.1 Å². The summed E-state index contributed by atoms with van der Waals surface area (Å²) in [6.07, 6.45) is 2.72. The Labute approximate surface area is 118 Å². The molecular formula is C13H21N5O2. The highest BCUT2D eigenvalue weighted by atomic mass is 16.2. The van der Waals surface area contributed by atoms with Crippen molar-refractivity contribution in [3.63, 3.8) is 0 Å². The number of hydrogen-bond donors (Lipinski definition) is 3. The van der Waals surface area contributed by atoms with Gasteiger partial charge in [-0.1, -0.05) is 13.0 Å². The van der Waals surface area contributed by atoms with E-state index in [2.05, 4.69) is 17.2 Å². The average Bonchev–Trinajstić information content (AvgIpc) is 2.36. The second kappa shape index (κ2) is 8.11. The summed E-state index contributed by atoms with van der Waals surface area (Å²) in [5.41, 5.74) is 11.2. The number of nitrogens with two attached hydrogens (primary N) is 2. The molecular weight excluding hydrogens is 258 g/mol. The molecule has 0 aliphatic heterocycles. The molecule has 0 aromatic carbocycles. The molecule has 0 radical (unpaired) electrons. The van der Waals surface area contributed by atoms with Crippen molar-refractivity contribution >= 4 is 17.6 Å². The van der Waals surface area contributed by atoms with Crippen LogP contribution in [0.1, 0.15) is 18.9 Å². The van der Waals surface area contributed by atoms with Crippen LogP contribution < -0.4 is 16.8 Å². The summed E-state index contributed by atoms with van der Waals surface area (Å²) in [6.45, 7) is 3.30. The van der Waals surface area contributed by atoms with Crippen LogP contribution in [0.2, 0.25) is 0 Å². The van der Waals surface area contributed by atoms with Gasteiger partial charge in [-0.05, 0) is 18.1 Å². The highest BCUT2D eigenvalue weighted by Gasteiger charge is 2.12. The molecule has 0 bridgehead atoms. The Morgan fingerprint density at radius 2 is 1.90 bits per heavy atom. The molecule has 7 nitrogen and oxygen atoms in total.